The van der Waals surface area contributed by atoms with E-state index in [0.717, 1.165) is 0 Å². The zero-order chi connectivity index (χ0) is 27.9. The summed E-state index contributed by atoms with van der Waals surface area (Å²) in [5.41, 5.74) is 0. The van der Waals surface area contributed by atoms with Crippen molar-refractivity contribution in [3.63, 3.8) is 0 Å². The molecule has 0 aromatic rings. The summed E-state index contributed by atoms with van der Waals surface area (Å²) in [5, 5.41) is 0. The summed E-state index contributed by atoms with van der Waals surface area (Å²) in [6, 6.07) is 0. The van der Waals surface area contributed by atoms with Crippen molar-refractivity contribution in [2.75, 3.05) is 0 Å². The van der Waals surface area contributed by atoms with Crippen molar-refractivity contribution in [2.24, 2.45) is 0 Å². The third-order valence-electron chi connectivity index (χ3n) is 2.43. The van der Waals surface area contributed by atoms with E-state index in [1.807, 2.05) is 0 Å². The quantitative estimate of drug-likeness (QED) is 0.303. The Balaban J connectivity index is -0.000000172. The zero-order valence-corrected chi connectivity index (χ0v) is 17.0. The van der Waals surface area contributed by atoms with Gasteiger partial charge < -0.3 is 4.79 Å². The predicted octanol–water partition coefficient (Wildman–Crippen LogP) is 5.71. The summed E-state index contributed by atoms with van der Waals surface area (Å²) in [6.07, 6.45) is -10.7. The molecule has 0 saturated heterocycles. The average molecular weight is 522 g/mol. The van der Waals surface area contributed by atoms with Gasteiger partial charge in [-0.15, -0.1) is 0 Å². The maximum Gasteiger partial charge on any atom is 0.395 e. The van der Waals surface area contributed by atoms with Crippen molar-refractivity contribution < 1.29 is 76.3 Å². The van der Waals surface area contributed by atoms with Crippen LogP contribution in [0, 0.1) is 0 Å². The lowest BCUT2D eigenvalue weighted by molar-refractivity contribution is -0.189. The molecule has 0 radical (unpaired) electrons. The van der Waals surface area contributed by atoms with Crippen LogP contribution >= 0.6 is 0 Å². The molecule has 0 amide bonds. The molecule has 0 atom stereocenters. The van der Waals surface area contributed by atoms with E-state index in [0.29, 0.717) is 6.92 Å². The first-order valence-electron chi connectivity index (χ1n) is 8.05. The van der Waals surface area contributed by atoms with Gasteiger partial charge in [0.1, 0.15) is 12.7 Å². The second-order valence-corrected chi connectivity index (χ2v) is 5.97. The number of carbonyl (C=O) groups is 4. The van der Waals surface area contributed by atoms with Crippen LogP contribution in [0.25, 0.3) is 0 Å². The molecule has 0 aromatic heterocycles. The smallest absolute Gasteiger partial charge is 0.303 e. The molecular formula is C16H19F13O4. The molecule has 0 spiro atoms. The number of rotatable bonds is 8. The molecular weight excluding hydrogens is 503 g/mol. The van der Waals surface area contributed by atoms with E-state index in [1.54, 1.807) is 0 Å². The van der Waals surface area contributed by atoms with Gasteiger partial charge in [0.2, 0.25) is 0 Å². The molecule has 198 valence electrons. The van der Waals surface area contributed by atoms with Gasteiger partial charge in [0, 0.05) is 13.3 Å². The van der Waals surface area contributed by atoms with Crippen LogP contribution in [0.2, 0.25) is 0 Å². The number of alkyl halides is 13. The molecule has 0 aliphatic heterocycles. The van der Waals surface area contributed by atoms with E-state index in [4.69, 9.17) is 0 Å². The number of hydrogen-bond acceptors (Lipinski definition) is 4. The fraction of sp³-hybridized carbons (Fsp3) is 0.750. The lowest BCUT2D eigenvalue weighted by Gasteiger charge is -2.15. The van der Waals surface area contributed by atoms with Crippen molar-refractivity contribution in [1.29, 1.82) is 0 Å². The van der Waals surface area contributed by atoms with E-state index in [9.17, 15) is 76.3 Å². The van der Waals surface area contributed by atoms with Crippen LogP contribution in [-0.4, -0.2) is 60.9 Å². The molecule has 0 aliphatic carbocycles. The molecule has 33 heavy (non-hydrogen) atoms. The molecule has 0 saturated carbocycles. The number of carbonyl (C=O) groups excluding carboxylic acids is 4. The number of aldehydes is 4. The standard InChI is InChI=1S/C4H3F5O.C4H4F4O.2C4H6F2O/c5-3(6,2-10)1-4(7,8)9;1-3(5,6)4(7,8)2-9;1-4(5,6)2-3-7;1-2-4(5,6)3-7/h2H,1H2;2H,1H3;2*3H,2H2,1H3. The second-order valence-electron chi connectivity index (χ2n) is 5.97. The van der Waals surface area contributed by atoms with Crippen LogP contribution < -0.4 is 0 Å². The Hall–Kier alpha value is -2.23. The summed E-state index contributed by atoms with van der Waals surface area (Å²) in [4.78, 5) is 37.1. The Morgan fingerprint density at radius 1 is 0.606 bits per heavy atom. The van der Waals surface area contributed by atoms with Gasteiger partial charge in [-0.05, 0) is 6.92 Å². The highest BCUT2D eigenvalue weighted by Gasteiger charge is 2.52. The van der Waals surface area contributed by atoms with Crippen LogP contribution in [0.15, 0.2) is 0 Å². The molecule has 0 aromatic carbocycles. The van der Waals surface area contributed by atoms with Crippen LogP contribution in [-0.2, 0) is 19.2 Å². The fourth-order valence-corrected chi connectivity index (χ4v) is 0.642. The maximum atomic E-state index is 11.6. The molecule has 0 unspecified atom stereocenters. The molecule has 0 rings (SSSR count). The summed E-state index contributed by atoms with van der Waals surface area (Å²) in [6.45, 7) is 1.96. The Morgan fingerprint density at radius 3 is 1.00 bits per heavy atom. The molecule has 0 fully saturated rings. The molecule has 0 N–H and O–H groups in total. The van der Waals surface area contributed by atoms with Crippen LogP contribution in [0.4, 0.5) is 57.1 Å². The highest BCUT2D eigenvalue weighted by Crippen LogP contribution is 2.31. The van der Waals surface area contributed by atoms with E-state index in [2.05, 4.69) is 0 Å². The third kappa shape index (κ3) is 27.7. The topological polar surface area (TPSA) is 68.3 Å². The Labute approximate surface area is 178 Å². The zero-order valence-electron chi connectivity index (χ0n) is 17.0. The van der Waals surface area contributed by atoms with Gasteiger partial charge in [0.15, 0.2) is 18.9 Å². The van der Waals surface area contributed by atoms with Gasteiger partial charge in [-0.1, -0.05) is 6.92 Å². The first-order chi connectivity index (χ1) is 14.3. The van der Waals surface area contributed by atoms with Gasteiger partial charge in [-0.25, -0.2) is 8.78 Å². The van der Waals surface area contributed by atoms with Gasteiger partial charge >= 0.3 is 29.9 Å². The first kappa shape index (κ1) is 38.1. The molecule has 0 bridgehead atoms. The van der Waals surface area contributed by atoms with E-state index in [-0.39, 0.29) is 19.5 Å². The highest BCUT2D eigenvalue weighted by atomic mass is 19.4. The monoisotopic (exact) mass is 522 g/mol. The fourth-order valence-electron chi connectivity index (χ4n) is 0.642. The van der Waals surface area contributed by atoms with Crippen molar-refractivity contribution in [3.05, 3.63) is 0 Å². The predicted molar refractivity (Wildman–Crippen MR) is 85.9 cm³/mol. The highest BCUT2D eigenvalue weighted by molar-refractivity contribution is 5.61. The minimum Gasteiger partial charge on any atom is -0.303 e. The van der Waals surface area contributed by atoms with E-state index in [1.165, 1.54) is 6.92 Å². The van der Waals surface area contributed by atoms with Crippen molar-refractivity contribution in [2.45, 2.75) is 75.8 Å². The third-order valence-corrected chi connectivity index (χ3v) is 2.43. The average Bonchev–Trinajstić information content (AvgIpc) is 2.59. The maximum absolute atomic E-state index is 11.6. The van der Waals surface area contributed by atoms with Crippen molar-refractivity contribution >= 4 is 25.1 Å². The van der Waals surface area contributed by atoms with Gasteiger partial charge in [0.05, 0.1) is 6.42 Å². The number of halogens is 13. The van der Waals surface area contributed by atoms with Crippen LogP contribution in [0.3, 0.4) is 0 Å². The number of hydrogen-bond donors (Lipinski definition) is 0. The van der Waals surface area contributed by atoms with Gasteiger partial charge in [0.25, 0.3) is 5.92 Å². The summed E-state index contributed by atoms with van der Waals surface area (Å²) in [5.74, 6) is -19.0. The molecule has 17 heteroatoms. The second kappa shape index (κ2) is 14.8. The van der Waals surface area contributed by atoms with Crippen molar-refractivity contribution in [3.8, 4) is 0 Å². The summed E-state index contributed by atoms with van der Waals surface area (Å²) < 4.78 is 149. The summed E-state index contributed by atoms with van der Waals surface area (Å²) in [7, 11) is 0. The van der Waals surface area contributed by atoms with Crippen molar-refractivity contribution in [1.82, 2.24) is 0 Å². The first-order valence-corrected chi connectivity index (χ1v) is 8.05. The molecule has 0 heterocycles. The van der Waals surface area contributed by atoms with Crippen LogP contribution in [0.1, 0.15) is 40.0 Å². The minimum atomic E-state index is -5.00. The SMILES string of the molecule is CC(F)(F)C(F)(F)C=O.CC(F)(F)CC=O.CCC(F)(F)C=O.O=CC(F)(F)CC(F)(F)F. The Morgan fingerprint density at radius 2 is 0.970 bits per heavy atom. The van der Waals surface area contributed by atoms with Gasteiger partial charge in [-0.3, -0.25) is 14.4 Å². The Kier molecular flexibility index (Phi) is 17.1. The molecule has 4 nitrogen and oxygen atoms in total. The Bertz CT molecular complexity index is 576. The van der Waals surface area contributed by atoms with Gasteiger partial charge in [-0.2, -0.15) is 48.3 Å². The van der Waals surface area contributed by atoms with E-state index >= 15 is 0 Å². The minimum absolute atomic E-state index is 0.0125. The molecule has 0 aliphatic rings. The van der Waals surface area contributed by atoms with E-state index < -0.39 is 67.6 Å². The van der Waals surface area contributed by atoms with Crippen LogP contribution in [0.5, 0.6) is 0 Å². The summed E-state index contributed by atoms with van der Waals surface area (Å²) >= 11 is 0. The lowest BCUT2D eigenvalue weighted by atomic mass is 10.2. The lowest BCUT2D eigenvalue weighted by Crippen LogP contribution is -2.38. The normalized spacial score (nSPS) is 12.5. The largest absolute Gasteiger partial charge is 0.395 e.